The Labute approximate surface area is 112 Å². The summed E-state index contributed by atoms with van der Waals surface area (Å²) in [5.41, 5.74) is 6.48. The second-order valence-electron chi connectivity index (χ2n) is 6.81. The van der Waals surface area contributed by atoms with Gasteiger partial charge in [-0.05, 0) is 62.6 Å². The molecule has 1 saturated heterocycles. The number of aliphatic hydroxyl groups is 1. The molecule has 1 aliphatic heterocycles. The highest BCUT2D eigenvalue weighted by atomic mass is 16.3. The average Bonchev–Trinajstić information content (AvgIpc) is 2.39. The zero-order valence-electron chi connectivity index (χ0n) is 11.9. The summed E-state index contributed by atoms with van der Waals surface area (Å²) in [7, 11) is 0. The molecule has 2 unspecified atom stereocenters. The SMILES string of the molecule is CC1CCCC(CN)(CN2CCC(CO)CC2)C1. The van der Waals surface area contributed by atoms with Crippen LogP contribution in [-0.2, 0) is 0 Å². The number of hydrogen-bond donors (Lipinski definition) is 2. The number of hydrogen-bond acceptors (Lipinski definition) is 3. The molecule has 0 bridgehead atoms. The van der Waals surface area contributed by atoms with E-state index in [0.29, 0.717) is 17.9 Å². The van der Waals surface area contributed by atoms with Crippen molar-refractivity contribution in [2.24, 2.45) is 23.0 Å². The van der Waals surface area contributed by atoms with Crippen molar-refractivity contribution in [1.82, 2.24) is 4.90 Å². The van der Waals surface area contributed by atoms with Gasteiger partial charge < -0.3 is 15.7 Å². The van der Waals surface area contributed by atoms with E-state index in [-0.39, 0.29) is 0 Å². The Morgan fingerprint density at radius 3 is 2.56 bits per heavy atom. The summed E-state index contributed by atoms with van der Waals surface area (Å²) >= 11 is 0. The molecular weight excluding hydrogens is 224 g/mol. The summed E-state index contributed by atoms with van der Waals surface area (Å²) in [6, 6.07) is 0. The van der Waals surface area contributed by atoms with Crippen LogP contribution in [0.5, 0.6) is 0 Å². The fourth-order valence-corrected chi connectivity index (χ4v) is 3.96. The molecule has 2 rings (SSSR count). The molecule has 1 aliphatic carbocycles. The molecule has 2 fully saturated rings. The summed E-state index contributed by atoms with van der Waals surface area (Å²) < 4.78 is 0. The smallest absolute Gasteiger partial charge is 0.0460 e. The van der Waals surface area contributed by atoms with Crippen molar-refractivity contribution in [3.63, 3.8) is 0 Å². The zero-order valence-corrected chi connectivity index (χ0v) is 11.9. The lowest BCUT2D eigenvalue weighted by molar-refractivity contribution is 0.0581. The number of rotatable bonds is 4. The zero-order chi connectivity index (χ0) is 13.0. The fourth-order valence-electron chi connectivity index (χ4n) is 3.96. The number of nitrogens with two attached hydrogens (primary N) is 1. The Bertz CT molecular complexity index is 251. The maximum atomic E-state index is 9.19. The fraction of sp³-hybridized carbons (Fsp3) is 1.00. The van der Waals surface area contributed by atoms with Gasteiger partial charge in [-0.3, -0.25) is 0 Å². The van der Waals surface area contributed by atoms with Crippen molar-refractivity contribution in [1.29, 1.82) is 0 Å². The maximum absolute atomic E-state index is 9.19. The Hall–Kier alpha value is -0.120. The van der Waals surface area contributed by atoms with E-state index in [1.165, 1.54) is 32.2 Å². The molecule has 3 nitrogen and oxygen atoms in total. The van der Waals surface area contributed by atoms with Crippen molar-refractivity contribution >= 4 is 0 Å². The van der Waals surface area contributed by atoms with Gasteiger partial charge in [0.15, 0.2) is 0 Å². The van der Waals surface area contributed by atoms with Crippen LogP contribution in [0.4, 0.5) is 0 Å². The molecular formula is C15H30N2O. The first-order chi connectivity index (χ1) is 8.67. The number of nitrogens with zero attached hydrogens (tertiary/aromatic N) is 1. The van der Waals surface area contributed by atoms with Gasteiger partial charge in [-0.2, -0.15) is 0 Å². The van der Waals surface area contributed by atoms with Gasteiger partial charge in [-0.1, -0.05) is 19.8 Å². The van der Waals surface area contributed by atoms with Crippen LogP contribution in [0.15, 0.2) is 0 Å². The minimum absolute atomic E-state index is 0.368. The van der Waals surface area contributed by atoms with E-state index in [1.807, 2.05) is 0 Å². The molecule has 1 heterocycles. The van der Waals surface area contributed by atoms with E-state index in [0.717, 1.165) is 38.4 Å². The van der Waals surface area contributed by atoms with Crippen molar-refractivity contribution in [3.05, 3.63) is 0 Å². The molecule has 0 aromatic heterocycles. The van der Waals surface area contributed by atoms with Crippen LogP contribution in [0.25, 0.3) is 0 Å². The third-order valence-electron chi connectivity index (χ3n) is 5.14. The van der Waals surface area contributed by atoms with E-state index >= 15 is 0 Å². The van der Waals surface area contributed by atoms with Gasteiger partial charge in [0.05, 0.1) is 0 Å². The first-order valence-electron chi connectivity index (χ1n) is 7.71. The van der Waals surface area contributed by atoms with Crippen molar-refractivity contribution in [2.75, 3.05) is 32.8 Å². The molecule has 3 heteroatoms. The minimum Gasteiger partial charge on any atom is -0.396 e. The van der Waals surface area contributed by atoms with Gasteiger partial charge in [0.2, 0.25) is 0 Å². The van der Waals surface area contributed by atoms with Gasteiger partial charge in [0.25, 0.3) is 0 Å². The first kappa shape index (κ1) is 14.3. The lowest BCUT2D eigenvalue weighted by atomic mass is 9.69. The van der Waals surface area contributed by atoms with Gasteiger partial charge >= 0.3 is 0 Å². The van der Waals surface area contributed by atoms with Crippen LogP contribution < -0.4 is 5.73 Å². The van der Waals surface area contributed by atoms with E-state index in [2.05, 4.69) is 11.8 Å². The second kappa shape index (κ2) is 6.36. The molecule has 2 aliphatic rings. The summed E-state index contributed by atoms with van der Waals surface area (Å²) in [5.74, 6) is 1.39. The Kier molecular flexibility index (Phi) is 5.05. The average molecular weight is 254 g/mol. The largest absolute Gasteiger partial charge is 0.396 e. The normalized spacial score (nSPS) is 35.8. The lowest BCUT2D eigenvalue weighted by Gasteiger charge is -2.44. The maximum Gasteiger partial charge on any atom is 0.0460 e. The summed E-state index contributed by atoms with van der Waals surface area (Å²) in [6.45, 7) is 7.08. The van der Waals surface area contributed by atoms with Gasteiger partial charge in [0.1, 0.15) is 0 Å². The molecule has 0 aromatic carbocycles. The van der Waals surface area contributed by atoms with E-state index in [4.69, 9.17) is 5.73 Å². The van der Waals surface area contributed by atoms with Gasteiger partial charge in [-0.25, -0.2) is 0 Å². The highest BCUT2D eigenvalue weighted by Crippen LogP contribution is 2.39. The topological polar surface area (TPSA) is 49.5 Å². The van der Waals surface area contributed by atoms with Crippen LogP contribution in [0.2, 0.25) is 0 Å². The second-order valence-corrected chi connectivity index (χ2v) is 6.81. The molecule has 0 aromatic rings. The molecule has 0 spiro atoms. The third kappa shape index (κ3) is 3.46. The highest BCUT2D eigenvalue weighted by Gasteiger charge is 2.36. The van der Waals surface area contributed by atoms with E-state index in [1.54, 1.807) is 0 Å². The molecule has 106 valence electrons. The van der Waals surface area contributed by atoms with Crippen molar-refractivity contribution < 1.29 is 5.11 Å². The molecule has 18 heavy (non-hydrogen) atoms. The molecule has 1 saturated carbocycles. The standard InChI is InChI=1S/C15H30N2O/c1-13-3-2-6-15(9-13,11-16)12-17-7-4-14(10-18)5-8-17/h13-14,18H,2-12,16H2,1H3. The number of aliphatic hydroxyl groups excluding tert-OH is 1. The Balaban J connectivity index is 1.86. The van der Waals surface area contributed by atoms with Gasteiger partial charge in [0, 0.05) is 13.2 Å². The van der Waals surface area contributed by atoms with Gasteiger partial charge in [-0.15, -0.1) is 0 Å². The van der Waals surface area contributed by atoms with Crippen LogP contribution in [-0.4, -0.2) is 42.8 Å². The predicted molar refractivity (Wildman–Crippen MR) is 75.4 cm³/mol. The monoisotopic (exact) mass is 254 g/mol. The van der Waals surface area contributed by atoms with Crippen LogP contribution in [0.1, 0.15) is 45.4 Å². The first-order valence-corrected chi connectivity index (χ1v) is 7.71. The third-order valence-corrected chi connectivity index (χ3v) is 5.14. The minimum atomic E-state index is 0.368. The van der Waals surface area contributed by atoms with E-state index < -0.39 is 0 Å². The molecule has 3 N–H and O–H groups in total. The van der Waals surface area contributed by atoms with Crippen LogP contribution in [0.3, 0.4) is 0 Å². The predicted octanol–water partition coefficient (Wildman–Crippen LogP) is 1.85. The molecule has 2 atom stereocenters. The van der Waals surface area contributed by atoms with Crippen molar-refractivity contribution in [3.8, 4) is 0 Å². The Morgan fingerprint density at radius 2 is 2.00 bits per heavy atom. The quantitative estimate of drug-likeness (QED) is 0.805. The number of likely N-dealkylation sites (tertiary alicyclic amines) is 1. The summed E-state index contributed by atoms with van der Waals surface area (Å²) in [4.78, 5) is 2.59. The van der Waals surface area contributed by atoms with Crippen molar-refractivity contribution in [2.45, 2.75) is 45.4 Å². The summed E-state index contributed by atoms with van der Waals surface area (Å²) in [5, 5.41) is 9.19. The lowest BCUT2D eigenvalue weighted by Crippen LogP contribution is -2.47. The van der Waals surface area contributed by atoms with Crippen LogP contribution >= 0.6 is 0 Å². The van der Waals surface area contributed by atoms with Crippen LogP contribution in [0, 0.1) is 17.3 Å². The summed E-state index contributed by atoms with van der Waals surface area (Å²) in [6.07, 6.45) is 7.68. The molecule has 0 radical (unpaired) electrons. The van der Waals surface area contributed by atoms with E-state index in [9.17, 15) is 5.11 Å². The Morgan fingerprint density at radius 1 is 1.28 bits per heavy atom. The highest BCUT2D eigenvalue weighted by molar-refractivity contribution is 4.90. The number of piperidine rings is 1. The molecule has 0 amide bonds.